The summed E-state index contributed by atoms with van der Waals surface area (Å²) in [7, 11) is 2.00. The van der Waals surface area contributed by atoms with Gasteiger partial charge < -0.3 is 14.9 Å². The van der Waals surface area contributed by atoms with Gasteiger partial charge in [-0.2, -0.15) is 18.3 Å². The number of carbonyl (C=O) groups excluding carboxylic acids is 1. The summed E-state index contributed by atoms with van der Waals surface area (Å²) < 4.78 is 33.8. The fourth-order valence-corrected chi connectivity index (χ4v) is 3.50. The number of carbonyl (C=O) groups is 2. The van der Waals surface area contributed by atoms with Gasteiger partial charge in [-0.15, -0.1) is 0 Å². The maximum atomic E-state index is 12.6. The van der Waals surface area contributed by atoms with Gasteiger partial charge in [-0.25, -0.2) is 4.79 Å². The molecule has 33 heavy (non-hydrogen) atoms. The summed E-state index contributed by atoms with van der Waals surface area (Å²) in [4.78, 5) is 29.6. The SMILES string of the molecule is CN(CCC(=O)N1CCC(n2cc3ccccc3n2)C1)c1ccncc1.O=C(O)C(F)(F)F. The van der Waals surface area contributed by atoms with Gasteiger partial charge in [-0.1, -0.05) is 18.2 Å². The highest BCUT2D eigenvalue weighted by Crippen LogP contribution is 2.24. The number of benzene rings is 1. The highest BCUT2D eigenvalue weighted by Gasteiger charge is 2.38. The lowest BCUT2D eigenvalue weighted by molar-refractivity contribution is -0.192. The zero-order chi connectivity index (χ0) is 24.0. The maximum absolute atomic E-state index is 12.6. The van der Waals surface area contributed by atoms with Gasteiger partial charge in [-0.05, 0) is 24.6 Å². The molecule has 1 fully saturated rings. The van der Waals surface area contributed by atoms with Gasteiger partial charge in [0.2, 0.25) is 5.91 Å². The first-order valence-electron chi connectivity index (χ1n) is 10.3. The molecule has 0 saturated carbocycles. The summed E-state index contributed by atoms with van der Waals surface area (Å²) in [5.41, 5.74) is 2.09. The quantitative estimate of drug-likeness (QED) is 0.624. The van der Waals surface area contributed by atoms with E-state index in [1.807, 2.05) is 47.0 Å². The number of amides is 1. The van der Waals surface area contributed by atoms with E-state index in [1.54, 1.807) is 12.4 Å². The number of carboxylic acid groups (broad SMARTS) is 1. The van der Waals surface area contributed by atoms with E-state index in [9.17, 15) is 18.0 Å². The molecule has 1 aliphatic heterocycles. The van der Waals surface area contributed by atoms with Crippen molar-refractivity contribution in [3.8, 4) is 0 Å². The molecule has 1 saturated heterocycles. The van der Waals surface area contributed by atoms with E-state index in [0.717, 1.165) is 36.1 Å². The number of carboxylic acids is 1. The van der Waals surface area contributed by atoms with Gasteiger partial charge in [0.1, 0.15) is 0 Å². The summed E-state index contributed by atoms with van der Waals surface area (Å²) in [6.07, 6.45) is 2.03. The summed E-state index contributed by atoms with van der Waals surface area (Å²) in [6.45, 7) is 2.25. The second kappa shape index (κ2) is 10.3. The molecular formula is C22H24F3N5O3. The number of hydrogen-bond acceptors (Lipinski definition) is 5. The Morgan fingerprint density at radius 3 is 2.48 bits per heavy atom. The van der Waals surface area contributed by atoms with Crippen molar-refractivity contribution in [2.45, 2.75) is 25.1 Å². The van der Waals surface area contributed by atoms with Crippen LogP contribution in [0.1, 0.15) is 18.9 Å². The van der Waals surface area contributed by atoms with E-state index >= 15 is 0 Å². The number of aromatic nitrogens is 3. The van der Waals surface area contributed by atoms with Crippen LogP contribution in [0.4, 0.5) is 18.9 Å². The van der Waals surface area contributed by atoms with Gasteiger partial charge in [0.15, 0.2) is 0 Å². The molecule has 176 valence electrons. The molecule has 1 atom stereocenters. The average Bonchev–Trinajstić information content (AvgIpc) is 3.45. The topological polar surface area (TPSA) is 91.6 Å². The Morgan fingerprint density at radius 1 is 1.18 bits per heavy atom. The highest BCUT2D eigenvalue weighted by molar-refractivity contribution is 5.78. The van der Waals surface area contributed by atoms with E-state index in [2.05, 4.69) is 27.2 Å². The van der Waals surface area contributed by atoms with Crippen LogP contribution in [-0.2, 0) is 9.59 Å². The normalized spacial score (nSPS) is 15.8. The van der Waals surface area contributed by atoms with Crippen molar-refractivity contribution < 1.29 is 27.9 Å². The minimum absolute atomic E-state index is 0.213. The van der Waals surface area contributed by atoms with E-state index in [0.29, 0.717) is 13.0 Å². The Balaban J connectivity index is 0.000000383. The predicted octanol–water partition coefficient (Wildman–Crippen LogP) is 3.36. The van der Waals surface area contributed by atoms with Crippen LogP contribution in [0.15, 0.2) is 55.0 Å². The molecule has 1 amide bonds. The van der Waals surface area contributed by atoms with Gasteiger partial charge in [0.25, 0.3) is 0 Å². The molecule has 1 unspecified atom stereocenters. The van der Waals surface area contributed by atoms with Crippen LogP contribution >= 0.6 is 0 Å². The number of anilines is 1. The van der Waals surface area contributed by atoms with Crippen molar-refractivity contribution in [2.75, 3.05) is 31.6 Å². The molecule has 0 spiro atoms. The molecule has 0 aliphatic carbocycles. The summed E-state index contributed by atoms with van der Waals surface area (Å²) in [5, 5.41) is 12.9. The van der Waals surface area contributed by atoms with Crippen LogP contribution in [0.5, 0.6) is 0 Å². The number of aliphatic carboxylic acids is 1. The van der Waals surface area contributed by atoms with Crippen LogP contribution in [0.3, 0.4) is 0 Å². The van der Waals surface area contributed by atoms with Gasteiger partial charge in [-0.3, -0.25) is 14.5 Å². The molecule has 11 heteroatoms. The molecular weight excluding hydrogens is 439 g/mol. The third-order valence-electron chi connectivity index (χ3n) is 5.33. The zero-order valence-corrected chi connectivity index (χ0v) is 17.9. The first kappa shape index (κ1) is 24.0. The second-order valence-corrected chi connectivity index (χ2v) is 7.63. The van der Waals surface area contributed by atoms with Crippen LogP contribution in [-0.4, -0.2) is 69.5 Å². The van der Waals surface area contributed by atoms with E-state index in [1.165, 1.54) is 0 Å². The number of likely N-dealkylation sites (tertiary alicyclic amines) is 1. The second-order valence-electron chi connectivity index (χ2n) is 7.63. The van der Waals surface area contributed by atoms with E-state index in [4.69, 9.17) is 9.90 Å². The molecule has 2 aromatic heterocycles. The van der Waals surface area contributed by atoms with Crippen molar-refractivity contribution in [3.63, 3.8) is 0 Å². The third-order valence-corrected chi connectivity index (χ3v) is 5.33. The number of alkyl halides is 3. The van der Waals surface area contributed by atoms with Crippen molar-refractivity contribution in [3.05, 3.63) is 55.0 Å². The molecule has 3 aromatic rings. The number of rotatable bonds is 5. The lowest BCUT2D eigenvalue weighted by atomic mass is 10.2. The molecule has 8 nitrogen and oxygen atoms in total. The van der Waals surface area contributed by atoms with Crippen LogP contribution in [0, 0.1) is 0 Å². The average molecular weight is 463 g/mol. The minimum atomic E-state index is -5.08. The van der Waals surface area contributed by atoms with Crippen LogP contribution < -0.4 is 4.90 Å². The van der Waals surface area contributed by atoms with Crippen molar-refractivity contribution >= 4 is 28.5 Å². The fourth-order valence-electron chi connectivity index (χ4n) is 3.50. The van der Waals surface area contributed by atoms with Crippen LogP contribution in [0.2, 0.25) is 0 Å². The standard InChI is InChI=1S/C20H23N5O.C2HF3O2/c1-23(17-6-10-21-11-7-17)12-9-20(26)24-13-8-18(15-24)25-14-16-4-2-3-5-19(16)22-25;3-2(4,5)1(6)7/h2-7,10-11,14,18H,8-9,12-13,15H2,1H3;(H,6,7). The Morgan fingerprint density at radius 2 is 1.85 bits per heavy atom. The van der Waals surface area contributed by atoms with Crippen LogP contribution in [0.25, 0.3) is 10.9 Å². The van der Waals surface area contributed by atoms with Gasteiger partial charge >= 0.3 is 12.1 Å². The van der Waals surface area contributed by atoms with Crippen molar-refractivity contribution in [1.82, 2.24) is 19.7 Å². The number of nitrogens with zero attached hydrogens (tertiary/aromatic N) is 5. The number of pyridine rings is 1. The highest BCUT2D eigenvalue weighted by atomic mass is 19.4. The summed E-state index contributed by atoms with van der Waals surface area (Å²) >= 11 is 0. The molecule has 0 radical (unpaired) electrons. The molecule has 0 bridgehead atoms. The summed E-state index contributed by atoms with van der Waals surface area (Å²) in [5.74, 6) is -2.54. The fraction of sp³-hybridized carbons (Fsp3) is 0.364. The first-order chi connectivity index (χ1) is 15.6. The smallest absolute Gasteiger partial charge is 0.475 e. The lowest BCUT2D eigenvalue weighted by Crippen LogP contribution is -2.32. The first-order valence-corrected chi connectivity index (χ1v) is 10.3. The molecule has 3 heterocycles. The minimum Gasteiger partial charge on any atom is -0.475 e. The molecule has 1 aromatic carbocycles. The lowest BCUT2D eigenvalue weighted by Gasteiger charge is -2.21. The molecule has 1 N–H and O–H groups in total. The third kappa shape index (κ3) is 6.43. The predicted molar refractivity (Wildman–Crippen MR) is 116 cm³/mol. The number of halogens is 3. The van der Waals surface area contributed by atoms with E-state index in [-0.39, 0.29) is 11.9 Å². The number of fused-ring (bicyclic) bond motifs is 1. The van der Waals surface area contributed by atoms with Crippen molar-refractivity contribution in [2.24, 2.45) is 0 Å². The van der Waals surface area contributed by atoms with Gasteiger partial charge in [0.05, 0.1) is 11.6 Å². The van der Waals surface area contributed by atoms with E-state index < -0.39 is 12.1 Å². The molecule has 1 aliphatic rings. The zero-order valence-electron chi connectivity index (χ0n) is 17.9. The number of hydrogen-bond donors (Lipinski definition) is 1. The Hall–Kier alpha value is -3.63. The Bertz CT molecular complexity index is 1050. The molecule has 4 rings (SSSR count). The summed E-state index contributed by atoms with van der Waals surface area (Å²) in [6, 6.07) is 12.3. The van der Waals surface area contributed by atoms with Gasteiger partial charge in [0, 0.05) is 62.8 Å². The largest absolute Gasteiger partial charge is 0.490 e. The monoisotopic (exact) mass is 463 g/mol. The Kier molecular flexibility index (Phi) is 7.52. The maximum Gasteiger partial charge on any atom is 0.490 e. The van der Waals surface area contributed by atoms with Crippen molar-refractivity contribution in [1.29, 1.82) is 0 Å². The Labute approximate surface area is 188 Å².